The van der Waals surface area contributed by atoms with E-state index in [1.165, 1.54) is 38.6 Å². The highest BCUT2D eigenvalue weighted by Crippen LogP contribution is 2.41. The van der Waals surface area contributed by atoms with Crippen LogP contribution in [-0.4, -0.2) is 47.3 Å². The Morgan fingerprint density at radius 1 is 1.33 bits per heavy atom. The number of hydrogen-bond donors (Lipinski definition) is 2. The van der Waals surface area contributed by atoms with Crippen LogP contribution in [0.15, 0.2) is 0 Å². The SMILES string of the molecule is CCC1CCCN1CC(CO)(NC(C)C)C1CC1. The Kier molecular flexibility index (Phi) is 4.68. The van der Waals surface area contributed by atoms with Crippen molar-refractivity contribution in [3.63, 3.8) is 0 Å². The molecule has 3 heteroatoms. The topological polar surface area (TPSA) is 35.5 Å². The Morgan fingerprint density at radius 3 is 2.56 bits per heavy atom. The minimum atomic E-state index is -0.0497. The number of aliphatic hydroxyl groups excluding tert-OH is 1. The maximum absolute atomic E-state index is 9.97. The van der Waals surface area contributed by atoms with Gasteiger partial charge in [-0.15, -0.1) is 0 Å². The summed E-state index contributed by atoms with van der Waals surface area (Å²) in [7, 11) is 0. The minimum Gasteiger partial charge on any atom is -0.394 e. The van der Waals surface area contributed by atoms with Gasteiger partial charge in [-0.1, -0.05) is 20.8 Å². The molecule has 1 saturated carbocycles. The van der Waals surface area contributed by atoms with Crippen LogP contribution in [0.1, 0.15) is 52.9 Å². The van der Waals surface area contributed by atoms with Gasteiger partial charge in [0.1, 0.15) is 0 Å². The van der Waals surface area contributed by atoms with E-state index < -0.39 is 0 Å². The molecule has 0 radical (unpaired) electrons. The van der Waals surface area contributed by atoms with Crippen molar-refractivity contribution >= 4 is 0 Å². The number of nitrogens with one attached hydrogen (secondary N) is 1. The molecule has 1 heterocycles. The lowest BCUT2D eigenvalue weighted by molar-refractivity contribution is 0.0776. The molecule has 18 heavy (non-hydrogen) atoms. The lowest BCUT2D eigenvalue weighted by Crippen LogP contribution is -2.60. The molecule has 1 saturated heterocycles. The molecule has 2 fully saturated rings. The van der Waals surface area contributed by atoms with Crippen LogP contribution in [0.5, 0.6) is 0 Å². The first-order valence-electron chi connectivity index (χ1n) is 7.74. The number of hydrogen-bond acceptors (Lipinski definition) is 3. The normalized spacial score (nSPS) is 28.8. The molecule has 0 spiro atoms. The van der Waals surface area contributed by atoms with Gasteiger partial charge in [-0.3, -0.25) is 4.90 Å². The molecule has 1 aliphatic heterocycles. The van der Waals surface area contributed by atoms with Crippen LogP contribution in [0, 0.1) is 5.92 Å². The summed E-state index contributed by atoms with van der Waals surface area (Å²) in [6.45, 7) is 9.19. The molecule has 1 aliphatic carbocycles. The Balaban J connectivity index is 2.04. The zero-order chi connectivity index (χ0) is 13.2. The van der Waals surface area contributed by atoms with Gasteiger partial charge in [-0.2, -0.15) is 0 Å². The monoisotopic (exact) mass is 254 g/mol. The number of nitrogens with zero attached hydrogens (tertiary/aromatic N) is 1. The molecule has 0 bridgehead atoms. The van der Waals surface area contributed by atoms with Gasteiger partial charge in [0.25, 0.3) is 0 Å². The molecule has 106 valence electrons. The molecule has 0 aromatic heterocycles. The van der Waals surface area contributed by atoms with Crippen LogP contribution in [0.2, 0.25) is 0 Å². The molecule has 2 atom stereocenters. The summed E-state index contributed by atoms with van der Waals surface area (Å²) in [6.07, 6.45) is 6.47. The lowest BCUT2D eigenvalue weighted by atomic mass is 9.91. The van der Waals surface area contributed by atoms with Crippen molar-refractivity contribution in [2.75, 3.05) is 19.7 Å². The molecule has 2 aliphatic rings. The van der Waals surface area contributed by atoms with E-state index in [9.17, 15) is 5.11 Å². The van der Waals surface area contributed by atoms with E-state index in [0.717, 1.165) is 12.6 Å². The molecule has 2 rings (SSSR count). The third-order valence-corrected chi connectivity index (χ3v) is 4.67. The molecule has 0 aromatic rings. The highest BCUT2D eigenvalue weighted by Gasteiger charge is 2.47. The molecule has 0 aromatic carbocycles. The van der Waals surface area contributed by atoms with Crippen LogP contribution < -0.4 is 5.32 Å². The number of aliphatic hydroxyl groups is 1. The van der Waals surface area contributed by atoms with E-state index in [2.05, 4.69) is 31.0 Å². The largest absolute Gasteiger partial charge is 0.394 e. The predicted molar refractivity (Wildman–Crippen MR) is 75.7 cm³/mol. The second-order valence-corrected chi connectivity index (χ2v) is 6.56. The third kappa shape index (κ3) is 3.06. The maximum Gasteiger partial charge on any atom is 0.0628 e. The van der Waals surface area contributed by atoms with Crippen LogP contribution >= 0.6 is 0 Å². The van der Waals surface area contributed by atoms with Crippen molar-refractivity contribution in [1.82, 2.24) is 10.2 Å². The average Bonchev–Trinajstić information content (AvgIpc) is 3.10. The first-order valence-corrected chi connectivity index (χ1v) is 7.74. The zero-order valence-electron chi connectivity index (χ0n) is 12.3. The van der Waals surface area contributed by atoms with Crippen LogP contribution in [0.3, 0.4) is 0 Å². The van der Waals surface area contributed by atoms with Gasteiger partial charge in [-0.05, 0) is 44.6 Å². The average molecular weight is 254 g/mol. The van der Waals surface area contributed by atoms with E-state index in [0.29, 0.717) is 12.0 Å². The van der Waals surface area contributed by atoms with E-state index in [1.807, 2.05) is 0 Å². The van der Waals surface area contributed by atoms with E-state index in [1.54, 1.807) is 0 Å². The molecule has 2 unspecified atom stereocenters. The van der Waals surface area contributed by atoms with Crippen LogP contribution in [0.4, 0.5) is 0 Å². The van der Waals surface area contributed by atoms with E-state index in [4.69, 9.17) is 0 Å². The Labute approximate surface area is 112 Å². The standard InChI is InChI=1S/C15H30N2O/c1-4-14-6-5-9-17(14)10-15(11-18,13-7-8-13)16-12(2)3/h12-14,16,18H,4-11H2,1-3H3. The Hall–Kier alpha value is -0.120. The highest BCUT2D eigenvalue weighted by atomic mass is 16.3. The first-order chi connectivity index (χ1) is 8.61. The summed E-state index contributed by atoms with van der Waals surface area (Å²) < 4.78 is 0. The third-order valence-electron chi connectivity index (χ3n) is 4.67. The molecule has 0 amide bonds. The lowest BCUT2D eigenvalue weighted by Gasteiger charge is -2.40. The van der Waals surface area contributed by atoms with Gasteiger partial charge in [0, 0.05) is 18.6 Å². The van der Waals surface area contributed by atoms with E-state index >= 15 is 0 Å². The van der Waals surface area contributed by atoms with Gasteiger partial charge in [0.05, 0.1) is 12.1 Å². The summed E-state index contributed by atoms with van der Waals surface area (Å²) in [6, 6.07) is 1.18. The summed E-state index contributed by atoms with van der Waals surface area (Å²) in [5.74, 6) is 0.683. The van der Waals surface area contributed by atoms with Crippen LogP contribution in [-0.2, 0) is 0 Å². The predicted octanol–water partition coefficient (Wildman–Crippen LogP) is 2.00. The number of rotatable bonds is 7. The van der Waals surface area contributed by atoms with Crippen LogP contribution in [0.25, 0.3) is 0 Å². The summed E-state index contributed by atoms with van der Waals surface area (Å²) >= 11 is 0. The second kappa shape index (κ2) is 5.89. The van der Waals surface area contributed by atoms with Gasteiger partial charge >= 0.3 is 0 Å². The fraction of sp³-hybridized carbons (Fsp3) is 1.00. The van der Waals surface area contributed by atoms with Gasteiger partial charge in [0.15, 0.2) is 0 Å². The van der Waals surface area contributed by atoms with E-state index in [-0.39, 0.29) is 12.1 Å². The second-order valence-electron chi connectivity index (χ2n) is 6.56. The molecule has 2 N–H and O–H groups in total. The highest BCUT2D eigenvalue weighted by molar-refractivity contribution is 5.04. The molecular formula is C15H30N2O. The Bertz CT molecular complexity index is 265. The quantitative estimate of drug-likeness (QED) is 0.729. The Morgan fingerprint density at radius 2 is 2.06 bits per heavy atom. The molecule has 3 nitrogen and oxygen atoms in total. The van der Waals surface area contributed by atoms with Gasteiger partial charge in [0.2, 0.25) is 0 Å². The first kappa shape index (κ1) is 14.3. The van der Waals surface area contributed by atoms with Crippen molar-refractivity contribution in [3.05, 3.63) is 0 Å². The van der Waals surface area contributed by atoms with Gasteiger partial charge < -0.3 is 10.4 Å². The van der Waals surface area contributed by atoms with Crippen molar-refractivity contribution in [3.8, 4) is 0 Å². The summed E-state index contributed by atoms with van der Waals surface area (Å²) in [4.78, 5) is 2.62. The van der Waals surface area contributed by atoms with Crippen molar-refractivity contribution < 1.29 is 5.11 Å². The minimum absolute atomic E-state index is 0.0497. The summed E-state index contributed by atoms with van der Waals surface area (Å²) in [5.41, 5.74) is -0.0497. The summed E-state index contributed by atoms with van der Waals surface area (Å²) in [5, 5.41) is 13.7. The maximum atomic E-state index is 9.97. The van der Waals surface area contributed by atoms with Crippen molar-refractivity contribution in [1.29, 1.82) is 0 Å². The molecular weight excluding hydrogens is 224 g/mol. The van der Waals surface area contributed by atoms with Crippen molar-refractivity contribution in [2.24, 2.45) is 5.92 Å². The fourth-order valence-corrected chi connectivity index (χ4v) is 3.66. The van der Waals surface area contributed by atoms with Gasteiger partial charge in [-0.25, -0.2) is 0 Å². The number of likely N-dealkylation sites (tertiary alicyclic amines) is 1. The zero-order valence-corrected chi connectivity index (χ0v) is 12.3. The van der Waals surface area contributed by atoms with Crippen molar-refractivity contribution in [2.45, 2.75) is 70.5 Å². The smallest absolute Gasteiger partial charge is 0.0628 e. The fourth-order valence-electron chi connectivity index (χ4n) is 3.66.